The fourth-order valence-electron chi connectivity index (χ4n) is 3.37. The first-order chi connectivity index (χ1) is 15.2. The van der Waals surface area contributed by atoms with E-state index >= 15 is 0 Å². The maximum atomic E-state index is 13.4. The first-order valence-corrected chi connectivity index (χ1v) is 12.5. The third kappa shape index (κ3) is 5.45. The monoisotopic (exact) mass is 474 g/mol. The van der Waals surface area contributed by atoms with E-state index in [0.717, 1.165) is 11.1 Å². The Kier molecular flexibility index (Phi) is 7.49. The molecule has 0 aliphatic rings. The molecule has 2 aromatic carbocycles. The molecule has 1 aromatic heterocycles. The van der Waals surface area contributed by atoms with Gasteiger partial charge in [0.15, 0.2) is 0 Å². The largest absolute Gasteiger partial charge is 0.399 e. The second kappa shape index (κ2) is 10.1. The molecule has 0 aliphatic heterocycles. The quantitative estimate of drug-likeness (QED) is 0.334. The van der Waals surface area contributed by atoms with Crippen LogP contribution in [0.25, 0.3) is 10.1 Å². The molecule has 0 saturated carbocycles. The van der Waals surface area contributed by atoms with Gasteiger partial charge in [0, 0.05) is 27.6 Å². The first-order valence-electron chi connectivity index (χ1n) is 10.2. The van der Waals surface area contributed by atoms with Gasteiger partial charge >= 0.3 is 0 Å². The molecule has 8 nitrogen and oxygen atoms in total. The molecule has 1 heterocycles. The Morgan fingerprint density at radius 2 is 1.88 bits per heavy atom. The summed E-state index contributed by atoms with van der Waals surface area (Å²) >= 11 is 1.30. The fourth-order valence-corrected chi connectivity index (χ4v) is 6.11. The number of hydrogen-bond acceptors (Lipinski definition) is 6. The van der Waals surface area contributed by atoms with Crippen molar-refractivity contribution in [1.82, 2.24) is 10.0 Å². The predicted molar refractivity (Wildman–Crippen MR) is 126 cm³/mol. The number of primary amides is 1. The number of benzene rings is 2. The molecule has 3 rings (SSSR count). The minimum atomic E-state index is -4.07. The SMILES string of the molecule is CCCCC(=O)N[C@H](C(N)=O)[C@@H](NS(=O)(=O)c1csc2ccccc12)c1cccc(N)c1. The van der Waals surface area contributed by atoms with E-state index in [-0.39, 0.29) is 17.2 Å². The summed E-state index contributed by atoms with van der Waals surface area (Å²) in [5, 5.41) is 4.71. The molecule has 0 unspecified atom stereocenters. The molecular formula is C22H26N4O4S2. The predicted octanol–water partition coefficient (Wildman–Crippen LogP) is 2.66. The Hall–Kier alpha value is -2.95. The van der Waals surface area contributed by atoms with E-state index < -0.39 is 28.0 Å². The van der Waals surface area contributed by atoms with Crippen molar-refractivity contribution in [1.29, 1.82) is 0 Å². The molecule has 170 valence electrons. The van der Waals surface area contributed by atoms with Crippen LogP contribution < -0.4 is 21.5 Å². The zero-order valence-electron chi connectivity index (χ0n) is 17.6. The average molecular weight is 475 g/mol. The van der Waals surface area contributed by atoms with Crippen molar-refractivity contribution in [3.63, 3.8) is 0 Å². The number of nitrogens with two attached hydrogens (primary N) is 2. The minimum absolute atomic E-state index is 0.0903. The average Bonchev–Trinajstić information content (AvgIpc) is 3.19. The zero-order chi connectivity index (χ0) is 23.3. The van der Waals surface area contributed by atoms with Crippen molar-refractivity contribution in [2.24, 2.45) is 5.73 Å². The van der Waals surface area contributed by atoms with Crippen LogP contribution >= 0.6 is 11.3 Å². The normalized spacial score (nSPS) is 13.5. The summed E-state index contributed by atoms with van der Waals surface area (Å²) in [7, 11) is -4.07. The number of anilines is 1. The van der Waals surface area contributed by atoms with Crippen molar-refractivity contribution in [2.45, 2.75) is 43.2 Å². The Bertz CT molecular complexity index is 1220. The Labute approximate surface area is 191 Å². The van der Waals surface area contributed by atoms with Gasteiger partial charge < -0.3 is 16.8 Å². The smallest absolute Gasteiger partial charge is 0.242 e. The summed E-state index contributed by atoms with van der Waals surface area (Å²) in [5.74, 6) is -1.25. The summed E-state index contributed by atoms with van der Waals surface area (Å²) in [6, 6.07) is 11.1. The maximum absolute atomic E-state index is 13.4. The number of thiophene rings is 1. The van der Waals surface area contributed by atoms with Crippen LogP contribution in [0.15, 0.2) is 58.8 Å². The maximum Gasteiger partial charge on any atom is 0.242 e. The standard InChI is InChI=1S/C22H26N4O4S2/c1-2-3-11-19(27)25-21(22(24)28)20(14-7-6-8-15(23)12-14)26-32(29,30)18-13-31-17-10-5-4-9-16(17)18/h4-10,12-13,20-21,26H,2-3,11,23H2,1H3,(H2,24,28)(H,25,27)/t20-,21-/m0/s1. The van der Waals surface area contributed by atoms with Gasteiger partial charge in [-0.2, -0.15) is 0 Å². The number of hydrogen-bond donors (Lipinski definition) is 4. The van der Waals surface area contributed by atoms with Crippen LogP contribution in [0.1, 0.15) is 37.8 Å². The molecule has 10 heteroatoms. The number of amides is 2. The van der Waals surface area contributed by atoms with Crippen molar-refractivity contribution < 1.29 is 18.0 Å². The number of fused-ring (bicyclic) bond motifs is 1. The molecule has 0 spiro atoms. The highest BCUT2D eigenvalue weighted by molar-refractivity contribution is 7.90. The summed E-state index contributed by atoms with van der Waals surface area (Å²) in [4.78, 5) is 24.8. The number of nitrogens with one attached hydrogen (secondary N) is 2. The molecule has 0 fully saturated rings. The number of nitrogen functional groups attached to an aromatic ring is 1. The lowest BCUT2D eigenvalue weighted by Crippen LogP contribution is -2.53. The molecule has 3 aromatic rings. The molecule has 2 amide bonds. The summed E-state index contributed by atoms with van der Waals surface area (Å²) < 4.78 is 30.1. The van der Waals surface area contributed by atoms with Gasteiger partial charge in [0.25, 0.3) is 0 Å². The van der Waals surface area contributed by atoms with E-state index in [9.17, 15) is 18.0 Å². The van der Waals surface area contributed by atoms with Gasteiger partial charge in [-0.25, -0.2) is 13.1 Å². The summed E-state index contributed by atoms with van der Waals surface area (Å²) in [5.41, 5.74) is 12.3. The van der Waals surface area contributed by atoms with Gasteiger partial charge in [-0.1, -0.05) is 43.7 Å². The van der Waals surface area contributed by atoms with Crippen LogP contribution in [0.3, 0.4) is 0 Å². The Morgan fingerprint density at radius 3 is 2.56 bits per heavy atom. The number of unbranched alkanes of at least 4 members (excludes halogenated alkanes) is 1. The van der Waals surface area contributed by atoms with Gasteiger partial charge in [0.2, 0.25) is 21.8 Å². The van der Waals surface area contributed by atoms with Crippen LogP contribution in [0, 0.1) is 0 Å². The topological polar surface area (TPSA) is 144 Å². The van der Waals surface area contributed by atoms with Crippen LogP contribution in [0.4, 0.5) is 5.69 Å². The molecular weight excluding hydrogens is 448 g/mol. The van der Waals surface area contributed by atoms with E-state index in [4.69, 9.17) is 11.5 Å². The molecule has 0 radical (unpaired) electrons. The molecule has 0 aliphatic carbocycles. The second-order valence-electron chi connectivity index (χ2n) is 7.42. The highest BCUT2D eigenvalue weighted by Gasteiger charge is 2.34. The Morgan fingerprint density at radius 1 is 1.12 bits per heavy atom. The van der Waals surface area contributed by atoms with Crippen LogP contribution in [-0.4, -0.2) is 26.3 Å². The van der Waals surface area contributed by atoms with Gasteiger partial charge in [0.05, 0.1) is 6.04 Å². The van der Waals surface area contributed by atoms with E-state index in [2.05, 4.69) is 10.0 Å². The summed E-state index contributed by atoms with van der Waals surface area (Å²) in [6.45, 7) is 1.94. The van der Waals surface area contributed by atoms with Crippen LogP contribution in [0.2, 0.25) is 0 Å². The van der Waals surface area contributed by atoms with Gasteiger partial charge in [-0.05, 0) is 30.2 Å². The number of carbonyl (C=O) groups excluding carboxylic acids is 2. The first kappa shape index (κ1) is 23.7. The van der Waals surface area contributed by atoms with Crippen molar-refractivity contribution in [3.8, 4) is 0 Å². The van der Waals surface area contributed by atoms with Crippen molar-refractivity contribution >= 4 is 48.9 Å². The Balaban J connectivity index is 2.02. The highest BCUT2D eigenvalue weighted by atomic mass is 32.2. The fraction of sp³-hybridized carbons (Fsp3) is 0.273. The molecule has 0 saturated heterocycles. The van der Waals surface area contributed by atoms with Crippen LogP contribution in [-0.2, 0) is 19.6 Å². The number of carbonyl (C=O) groups is 2. The zero-order valence-corrected chi connectivity index (χ0v) is 19.2. The van der Waals surface area contributed by atoms with E-state index in [1.165, 1.54) is 11.3 Å². The van der Waals surface area contributed by atoms with Crippen molar-refractivity contribution in [3.05, 3.63) is 59.5 Å². The third-order valence-electron chi connectivity index (χ3n) is 5.00. The lowest BCUT2D eigenvalue weighted by atomic mass is 9.99. The lowest BCUT2D eigenvalue weighted by molar-refractivity contribution is -0.128. The van der Waals surface area contributed by atoms with Gasteiger partial charge in [-0.3, -0.25) is 9.59 Å². The summed E-state index contributed by atoms with van der Waals surface area (Å²) in [6.07, 6.45) is 1.63. The van der Waals surface area contributed by atoms with Crippen molar-refractivity contribution in [2.75, 3.05) is 5.73 Å². The number of rotatable bonds is 10. The van der Waals surface area contributed by atoms with E-state index in [1.807, 2.05) is 19.1 Å². The van der Waals surface area contributed by atoms with E-state index in [1.54, 1.807) is 41.8 Å². The van der Waals surface area contributed by atoms with Crippen LogP contribution in [0.5, 0.6) is 0 Å². The molecule has 6 N–H and O–H groups in total. The van der Waals surface area contributed by atoms with E-state index in [0.29, 0.717) is 23.1 Å². The molecule has 32 heavy (non-hydrogen) atoms. The second-order valence-corrected chi connectivity index (χ2v) is 10.0. The molecule has 0 bridgehead atoms. The molecule has 2 atom stereocenters. The highest BCUT2D eigenvalue weighted by Crippen LogP contribution is 2.31. The van der Waals surface area contributed by atoms with Gasteiger partial charge in [-0.15, -0.1) is 11.3 Å². The minimum Gasteiger partial charge on any atom is -0.399 e. The number of sulfonamides is 1. The van der Waals surface area contributed by atoms with Gasteiger partial charge in [0.1, 0.15) is 10.9 Å². The lowest BCUT2D eigenvalue weighted by Gasteiger charge is -2.27. The third-order valence-corrected chi connectivity index (χ3v) is 7.59.